The Bertz CT molecular complexity index is 807. The minimum Gasteiger partial charge on any atom is -0.381 e. The van der Waals surface area contributed by atoms with E-state index in [-0.39, 0.29) is 11.3 Å². The van der Waals surface area contributed by atoms with Crippen molar-refractivity contribution < 1.29 is 9.53 Å². The summed E-state index contributed by atoms with van der Waals surface area (Å²) in [6.45, 7) is 6.12. The molecule has 0 atom stereocenters. The summed E-state index contributed by atoms with van der Waals surface area (Å²) in [5, 5.41) is 14.8. The fourth-order valence-electron chi connectivity index (χ4n) is 4.44. The van der Waals surface area contributed by atoms with Crippen LogP contribution in [-0.4, -0.2) is 53.7 Å². The summed E-state index contributed by atoms with van der Waals surface area (Å²) in [6, 6.07) is 8.78. The Morgan fingerprint density at radius 2 is 2.04 bits per heavy atom. The second kappa shape index (κ2) is 8.41. The number of piperidine rings is 1. The molecular weight excluding hydrogens is 354 g/mol. The minimum absolute atomic E-state index is 0.0930. The van der Waals surface area contributed by atoms with Gasteiger partial charge in [-0.05, 0) is 56.8 Å². The first kappa shape index (κ1) is 19.1. The average Bonchev–Trinajstić information content (AvgIpc) is 3.24. The highest BCUT2D eigenvalue weighted by Crippen LogP contribution is 2.36. The quantitative estimate of drug-likeness (QED) is 0.825. The van der Waals surface area contributed by atoms with Crippen LogP contribution in [0, 0.1) is 6.92 Å². The number of nitrogens with zero attached hydrogens (tertiary/aromatic N) is 3. The number of hydrogen-bond acceptors (Lipinski definition) is 5. The molecule has 7 nitrogen and oxygen atoms in total. The summed E-state index contributed by atoms with van der Waals surface area (Å²) in [5.41, 5.74) is 2.86. The largest absolute Gasteiger partial charge is 0.381 e. The van der Waals surface area contributed by atoms with Gasteiger partial charge < -0.3 is 15.4 Å². The Kier molecular flexibility index (Phi) is 5.73. The summed E-state index contributed by atoms with van der Waals surface area (Å²) < 4.78 is 7.45. The van der Waals surface area contributed by atoms with Crippen molar-refractivity contribution in [3.05, 3.63) is 47.3 Å². The first-order chi connectivity index (χ1) is 13.7. The molecule has 2 N–H and O–H groups in total. The van der Waals surface area contributed by atoms with Crippen molar-refractivity contribution in [2.75, 3.05) is 32.8 Å². The zero-order chi connectivity index (χ0) is 19.4. The standard InChI is InChI=1S/C21H29N5O2/c1-16-4-2-3-5-18(16)21(8-12-28-13-9-21)15-23-20(27)19-14-26(25-24-19)17-6-10-22-11-7-17/h2-5,14,17,22H,6-13,15H2,1H3,(H,23,27). The Morgan fingerprint density at radius 3 is 2.79 bits per heavy atom. The lowest BCUT2D eigenvalue weighted by atomic mass is 9.72. The number of carbonyl (C=O) groups excluding carboxylic acids is 1. The molecule has 1 aromatic heterocycles. The Labute approximate surface area is 165 Å². The number of nitrogens with one attached hydrogen (secondary N) is 2. The van der Waals surface area contributed by atoms with E-state index < -0.39 is 0 Å². The van der Waals surface area contributed by atoms with Crippen LogP contribution in [0.5, 0.6) is 0 Å². The molecule has 0 aliphatic carbocycles. The van der Waals surface area contributed by atoms with Gasteiger partial charge in [0.2, 0.25) is 0 Å². The van der Waals surface area contributed by atoms with Crippen molar-refractivity contribution >= 4 is 5.91 Å². The van der Waals surface area contributed by atoms with Gasteiger partial charge in [-0.15, -0.1) is 5.10 Å². The van der Waals surface area contributed by atoms with Crippen LogP contribution in [-0.2, 0) is 10.2 Å². The molecule has 1 amide bonds. The van der Waals surface area contributed by atoms with Crippen LogP contribution in [0.3, 0.4) is 0 Å². The topological polar surface area (TPSA) is 81.1 Å². The number of aryl methyl sites for hydroxylation is 1. The first-order valence-corrected chi connectivity index (χ1v) is 10.2. The highest BCUT2D eigenvalue weighted by atomic mass is 16.5. The second-order valence-electron chi connectivity index (χ2n) is 7.96. The lowest BCUT2D eigenvalue weighted by Crippen LogP contribution is -2.45. The van der Waals surface area contributed by atoms with Crippen LogP contribution in [0.1, 0.15) is 53.3 Å². The van der Waals surface area contributed by atoms with Crippen molar-refractivity contribution in [2.24, 2.45) is 0 Å². The SMILES string of the molecule is Cc1ccccc1C1(CNC(=O)c2cn(C3CCNCC3)nn2)CCOCC1. The van der Waals surface area contributed by atoms with Crippen molar-refractivity contribution in [1.29, 1.82) is 0 Å². The van der Waals surface area contributed by atoms with Gasteiger partial charge in [0.15, 0.2) is 5.69 Å². The molecule has 0 spiro atoms. The number of aromatic nitrogens is 3. The lowest BCUT2D eigenvalue weighted by Gasteiger charge is -2.38. The van der Waals surface area contributed by atoms with Crippen LogP contribution in [0.25, 0.3) is 0 Å². The summed E-state index contributed by atoms with van der Waals surface area (Å²) in [7, 11) is 0. The van der Waals surface area contributed by atoms with Crippen LogP contribution >= 0.6 is 0 Å². The summed E-state index contributed by atoms with van der Waals surface area (Å²) >= 11 is 0. The number of rotatable bonds is 5. The summed E-state index contributed by atoms with van der Waals surface area (Å²) in [4.78, 5) is 12.8. The molecule has 7 heteroatoms. The predicted octanol–water partition coefficient (Wildman–Crippen LogP) is 1.99. The Hall–Kier alpha value is -2.25. The zero-order valence-corrected chi connectivity index (χ0v) is 16.5. The number of hydrogen-bond donors (Lipinski definition) is 2. The zero-order valence-electron chi connectivity index (χ0n) is 16.5. The van der Waals surface area contributed by atoms with E-state index in [1.807, 2.05) is 4.68 Å². The van der Waals surface area contributed by atoms with Crippen molar-refractivity contribution in [1.82, 2.24) is 25.6 Å². The third-order valence-electron chi connectivity index (χ3n) is 6.18. The fourth-order valence-corrected chi connectivity index (χ4v) is 4.44. The molecule has 2 aliphatic rings. The molecule has 4 rings (SSSR count). The molecule has 0 bridgehead atoms. The summed E-state index contributed by atoms with van der Waals surface area (Å²) in [5.74, 6) is -0.153. The smallest absolute Gasteiger partial charge is 0.273 e. The van der Waals surface area contributed by atoms with E-state index in [9.17, 15) is 4.79 Å². The normalized spacial score (nSPS) is 20.0. The molecule has 150 valence electrons. The fraction of sp³-hybridized carbons (Fsp3) is 0.571. The van der Waals surface area contributed by atoms with Gasteiger partial charge in [0.25, 0.3) is 5.91 Å². The van der Waals surface area contributed by atoms with Crippen molar-refractivity contribution in [3.63, 3.8) is 0 Å². The molecule has 28 heavy (non-hydrogen) atoms. The van der Waals surface area contributed by atoms with Crippen LogP contribution < -0.4 is 10.6 Å². The van der Waals surface area contributed by atoms with Gasteiger partial charge in [-0.2, -0.15) is 0 Å². The molecule has 0 saturated carbocycles. The minimum atomic E-state index is -0.153. The molecule has 2 aliphatic heterocycles. The lowest BCUT2D eigenvalue weighted by molar-refractivity contribution is 0.0484. The van der Waals surface area contributed by atoms with Crippen LogP contribution in [0.15, 0.2) is 30.5 Å². The summed E-state index contributed by atoms with van der Waals surface area (Å²) in [6.07, 6.45) is 5.62. The van der Waals surface area contributed by atoms with Gasteiger partial charge in [0.05, 0.1) is 12.2 Å². The second-order valence-corrected chi connectivity index (χ2v) is 7.96. The molecule has 2 saturated heterocycles. The van der Waals surface area contributed by atoms with Gasteiger partial charge in [0, 0.05) is 25.2 Å². The number of ether oxygens (including phenoxy) is 1. The van der Waals surface area contributed by atoms with E-state index >= 15 is 0 Å². The van der Waals surface area contributed by atoms with Gasteiger partial charge >= 0.3 is 0 Å². The van der Waals surface area contributed by atoms with Gasteiger partial charge in [-0.3, -0.25) is 4.79 Å². The predicted molar refractivity (Wildman–Crippen MR) is 106 cm³/mol. The Balaban J connectivity index is 1.46. The first-order valence-electron chi connectivity index (χ1n) is 10.2. The molecular formula is C21H29N5O2. The maximum atomic E-state index is 12.8. The van der Waals surface area contributed by atoms with E-state index in [4.69, 9.17) is 4.74 Å². The van der Waals surface area contributed by atoms with Crippen LogP contribution in [0.2, 0.25) is 0 Å². The maximum absolute atomic E-state index is 12.8. The van der Waals surface area contributed by atoms with Crippen molar-refractivity contribution in [2.45, 2.75) is 44.1 Å². The van der Waals surface area contributed by atoms with E-state index in [0.29, 0.717) is 18.3 Å². The monoisotopic (exact) mass is 383 g/mol. The molecule has 2 aromatic rings. The van der Waals surface area contributed by atoms with Crippen molar-refractivity contribution in [3.8, 4) is 0 Å². The van der Waals surface area contributed by atoms with E-state index in [1.165, 1.54) is 11.1 Å². The molecule has 0 radical (unpaired) electrons. The molecule has 1 aromatic carbocycles. The van der Waals surface area contributed by atoms with E-state index in [0.717, 1.165) is 52.0 Å². The molecule has 0 unspecified atom stereocenters. The van der Waals surface area contributed by atoms with Gasteiger partial charge in [-0.1, -0.05) is 29.5 Å². The highest BCUT2D eigenvalue weighted by Gasteiger charge is 2.36. The number of amides is 1. The van der Waals surface area contributed by atoms with Gasteiger partial charge in [-0.25, -0.2) is 4.68 Å². The Morgan fingerprint density at radius 1 is 1.29 bits per heavy atom. The maximum Gasteiger partial charge on any atom is 0.273 e. The molecule has 2 fully saturated rings. The average molecular weight is 383 g/mol. The van der Waals surface area contributed by atoms with Gasteiger partial charge in [0.1, 0.15) is 0 Å². The van der Waals surface area contributed by atoms with E-state index in [2.05, 4.69) is 52.1 Å². The third kappa shape index (κ3) is 3.95. The molecule has 3 heterocycles. The van der Waals surface area contributed by atoms with Crippen LogP contribution in [0.4, 0.5) is 0 Å². The van der Waals surface area contributed by atoms with E-state index in [1.54, 1.807) is 6.20 Å². The number of benzene rings is 1. The third-order valence-corrected chi connectivity index (χ3v) is 6.18. The number of carbonyl (C=O) groups is 1. The highest BCUT2D eigenvalue weighted by molar-refractivity contribution is 5.91.